The summed E-state index contributed by atoms with van der Waals surface area (Å²) in [5.74, 6) is -0.880. The minimum Gasteiger partial charge on any atom is -0.385 e. The zero-order valence-corrected chi connectivity index (χ0v) is 29.8. The third-order valence-electron chi connectivity index (χ3n) is 11.2. The first kappa shape index (κ1) is 33.1. The number of piperidine rings is 2. The van der Waals surface area contributed by atoms with E-state index in [-0.39, 0.29) is 30.0 Å². The van der Waals surface area contributed by atoms with Gasteiger partial charge in [0, 0.05) is 74.9 Å². The van der Waals surface area contributed by atoms with Crippen LogP contribution in [0.2, 0.25) is 0 Å². The van der Waals surface area contributed by atoms with Crippen molar-refractivity contribution >= 4 is 51.0 Å². The molecule has 6 aromatic rings. The van der Waals surface area contributed by atoms with Crippen LogP contribution < -0.4 is 21.6 Å². The number of para-hydroxylation sites is 1. The second-order valence-electron chi connectivity index (χ2n) is 14.6. The lowest BCUT2D eigenvalue weighted by Gasteiger charge is -2.33. The predicted molar refractivity (Wildman–Crippen MR) is 201 cm³/mol. The molecule has 3 N–H and O–H groups in total. The molecular formula is C39H42N10O4. The van der Waals surface area contributed by atoms with Crippen molar-refractivity contribution in [1.82, 2.24) is 43.8 Å². The number of nitrogens with zero attached hydrogens (tertiary/aromatic N) is 7. The molecule has 14 nitrogen and oxygen atoms in total. The highest BCUT2D eigenvalue weighted by Crippen LogP contribution is 2.36. The first-order chi connectivity index (χ1) is 25.8. The summed E-state index contributed by atoms with van der Waals surface area (Å²) in [7, 11) is 3.59. The number of aromatic nitrogens is 6. The number of fused-ring (bicyclic) bond motifs is 3. The number of likely N-dealkylation sites (tertiary alicyclic amines) is 1. The van der Waals surface area contributed by atoms with E-state index in [9.17, 15) is 19.2 Å². The third-order valence-corrected chi connectivity index (χ3v) is 11.2. The van der Waals surface area contributed by atoms with Crippen molar-refractivity contribution in [1.29, 1.82) is 0 Å². The first-order valence-corrected chi connectivity index (χ1v) is 18.5. The molecule has 0 spiro atoms. The highest BCUT2D eigenvalue weighted by atomic mass is 16.2. The van der Waals surface area contributed by atoms with Gasteiger partial charge in [0.05, 0.1) is 28.6 Å². The molecule has 14 heteroatoms. The molecule has 1 unspecified atom stereocenters. The van der Waals surface area contributed by atoms with Crippen LogP contribution in [0.15, 0.2) is 65.7 Å². The number of rotatable bonds is 9. The van der Waals surface area contributed by atoms with Crippen molar-refractivity contribution < 1.29 is 14.4 Å². The summed E-state index contributed by atoms with van der Waals surface area (Å²) < 4.78 is 7.19. The molecule has 3 aliphatic rings. The Morgan fingerprint density at radius 3 is 2.55 bits per heavy atom. The quantitative estimate of drug-likeness (QED) is 0.192. The lowest BCUT2D eigenvalue weighted by atomic mass is 10.0. The Balaban J connectivity index is 0.917. The van der Waals surface area contributed by atoms with Gasteiger partial charge in [0.15, 0.2) is 11.3 Å². The highest BCUT2D eigenvalue weighted by Gasteiger charge is 2.32. The molecule has 2 aromatic carbocycles. The number of anilines is 1. The number of hydrogen-bond acceptors (Lipinski definition) is 8. The van der Waals surface area contributed by atoms with Crippen LogP contribution in [0, 0.1) is 0 Å². The lowest BCUT2D eigenvalue weighted by Crippen LogP contribution is -2.44. The number of hydrogen-bond donors (Lipinski definition) is 3. The van der Waals surface area contributed by atoms with Crippen LogP contribution in [0.25, 0.3) is 38.8 Å². The van der Waals surface area contributed by atoms with Gasteiger partial charge in [0.1, 0.15) is 6.04 Å². The monoisotopic (exact) mass is 714 g/mol. The van der Waals surface area contributed by atoms with E-state index in [0.717, 1.165) is 90.7 Å². The van der Waals surface area contributed by atoms with Crippen molar-refractivity contribution in [2.75, 3.05) is 32.0 Å². The molecule has 1 atom stereocenters. The normalized spacial score (nSPS) is 18.6. The van der Waals surface area contributed by atoms with Gasteiger partial charge < -0.3 is 20.1 Å². The van der Waals surface area contributed by atoms with Crippen LogP contribution >= 0.6 is 0 Å². The molecule has 9 rings (SSSR count). The van der Waals surface area contributed by atoms with E-state index >= 15 is 0 Å². The fraction of sp³-hybridized carbons (Fsp3) is 0.385. The number of imide groups is 1. The molecular weight excluding hydrogens is 672 g/mol. The summed E-state index contributed by atoms with van der Waals surface area (Å²) in [5.41, 5.74) is 7.16. The van der Waals surface area contributed by atoms with Crippen molar-refractivity contribution in [3.05, 3.63) is 82.7 Å². The number of carbonyl (C=O) groups excluding carboxylic acids is 3. The molecule has 6 heterocycles. The van der Waals surface area contributed by atoms with Crippen LogP contribution in [0.3, 0.4) is 0 Å². The van der Waals surface area contributed by atoms with E-state index < -0.39 is 11.9 Å². The maximum atomic E-state index is 13.2. The van der Waals surface area contributed by atoms with Gasteiger partial charge in [-0.1, -0.05) is 24.3 Å². The number of carbonyl (C=O) groups is 3. The smallest absolute Gasteiger partial charge is 0.329 e. The third kappa shape index (κ3) is 5.86. The molecule has 2 saturated heterocycles. The van der Waals surface area contributed by atoms with Gasteiger partial charge >= 0.3 is 5.69 Å². The molecule has 2 aliphatic heterocycles. The second kappa shape index (κ2) is 13.0. The fourth-order valence-corrected chi connectivity index (χ4v) is 8.14. The van der Waals surface area contributed by atoms with Crippen molar-refractivity contribution in [2.45, 2.75) is 63.1 Å². The number of aryl methyl sites for hydroxylation is 1. The standard InChI is InChI=1S/C39H42N10O4/c1-40-29-20-28(44-49-34(21-41-36(29)49)38(52)42-24-8-9-24)27-22-47(30-6-4-3-5-26(27)30)25-14-17-46(18-15-25)16-13-23-7-10-31-33(19-23)45(2)39(53)48(31)32-11-12-35(50)43-37(32)51/h3-7,10,19-22,24-25,32,40H,8-9,11-18H2,1-2H3,(H,42,52)(H,43,50,51). The van der Waals surface area contributed by atoms with Gasteiger partial charge in [-0.3, -0.25) is 28.8 Å². The van der Waals surface area contributed by atoms with Gasteiger partial charge in [0.25, 0.3) is 5.91 Å². The molecule has 1 saturated carbocycles. The van der Waals surface area contributed by atoms with E-state index in [1.807, 2.05) is 25.2 Å². The fourth-order valence-electron chi connectivity index (χ4n) is 8.14. The lowest BCUT2D eigenvalue weighted by molar-refractivity contribution is -0.135. The van der Waals surface area contributed by atoms with Gasteiger partial charge in [-0.05, 0) is 68.4 Å². The van der Waals surface area contributed by atoms with Crippen molar-refractivity contribution in [3.63, 3.8) is 0 Å². The maximum absolute atomic E-state index is 13.2. The molecule has 3 amide bonds. The number of benzene rings is 2. The topological polar surface area (TPSA) is 153 Å². The summed E-state index contributed by atoms with van der Waals surface area (Å²) in [4.78, 5) is 57.6. The molecule has 272 valence electrons. The summed E-state index contributed by atoms with van der Waals surface area (Å²) in [5, 5.41) is 14.8. The summed E-state index contributed by atoms with van der Waals surface area (Å²) in [6.45, 7) is 2.82. The van der Waals surface area contributed by atoms with Gasteiger partial charge in [0.2, 0.25) is 11.8 Å². The second-order valence-corrected chi connectivity index (χ2v) is 14.6. The zero-order chi connectivity index (χ0) is 36.4. The van der Waals surface area contributed by atoms with E-state index in [2.05, 4.69) is 66.9 Å². The van der Waals surface area contributed by atoms with Crippen LogP contribution in [0.4, 0.5) is 5.69 Å². The Morgan fingerprint density at radius 2 is 1.77 bits per heavy atom. The highest BCUT2D eigenvalue weighted by molar-refractivity contribution is 6.00. The maximum Gasteiger partial charge on any atom is 0.329 e. The van der Waals surface area contributed by atoms with Crippen LogP contribution in [0.5, 0.6) is 0 Å². The molecule has 0 bridgehead atoms. The predicted octanol–water partition coefficient (Wildman–Crippen LogP) is 3.80. The molecule has 1 aliphatic carbocycles. The first-order valence-electron chi connectivity index (χ1n) is 18.5. The van der Waals surface area contributed by atoms with Gasteiger partial charge in [-0.15, -0.1) is 0 Å². The summed E-state index contributed by atoms with van der Waals surface area (Å²) in [6.07, 6.45) is 9.21. The Kier molecular flexibility index (Phi) is 8.13. The zero-order valence-electron chi connectivity index (χ0n) is 29.8. The largest absolute Gasteiger partial charge is 0.385 e. The van der Waals surface area contributed by atoms with Crippen molar-refractivity contribution in [2.24, 2.45) is 7.05 Å². The van der Waals surface area contributed by atoms with E-state index in [0.29, 0.717) is 29.3 Å². The number of nitrogens with one attached hydrogen (secondary N) is 3. The molecule has 53 heavy (non-hydrogen) atoms. The Labute approximate surface area is 304 Å². The Hall–Kier alpha value is -5.76. The van der Waals surface area contributed by atoms with Crippen LogP contribution in [0.1, 0.15) is 66.7 Å². The minimum absolute atomic E-state index is 0.157. The molecule has 0 radical (unpaired) electrons. The summed E-state index contributed by atoms with van der Waals surface area (Å²) >= 11 is 0. The summed E-state index contributed by atoms with van der Waals surface area (Å²) in [6, 6.07) is 16.4. The average Bonchev–Trinajstić information content (AvgIpc) is 3.65. The van der Waals surface area contributed by atoms with Crippen molar-refractivity contribution in [3.8, 4) is 11.3 Å². The molecule has 3 fully saturated rings. The minimum atomic E-state index is -0.690. The van der Waals surface area contributed by atoms with Crippen LogP contribution in [-0.2, 0) is 23.1 Å². The van der Waals surface area contributed by atoms with E-state index in [4.69, 9.17) is 5.10 Å². The van der Waals surface area contributed by atoms with E-state index in [1.54, 1.807) is 22.3 Å². The van der Waals surface area contributed by atoms with E-state index in [1.165, 1.54) is 4.57 Å². The SMILES string of the molecule is CNc1cc(-c2cn(C3CCN(CCc4ccc5c(c4)n(C)c(=O)n5C4CCC(=O)NC4=O)CC3)c3ccccc23)nn2c(C(=O)NC3CC3)cnc12. The van der Waals surface area contributed by atoms with Gasteiger partial charge in [-0.2, -0.15) is 5.10 Å². The molecule has 4 aromatic heterocycles. The average molecular weight is 715 g/mol. The Morgan fingerprint density at radius 1 is 0.962 bits per heavy atom. The van der Waals surface area contributed by atoms with Crippen LogP contribution in [-0.4, -0.2) is 83.6 Å². The van der Waals surface area contributed by atoms with Gasteiger partial charge in [-0.25, -0.2) is 14.3 Å². The Bertz CT molecular complexity index is 2490. The number of amides is 3. The number of imidazole rings is 2.